The van der Waals surface area contributed by atoms with Gasteiger partial charge in [-0.1, -0.05) is 54.6 Å². The second-order valence-corrected chi connectivity index (χ2v) is 7.77. The lowest BCUT2D eigenvalue weighted by Crippen LogP contribution is -2.36. The third-order valence-electron chi connectivity index (χ3n) is 5.43. The Morgan fingerprint density at radius 1 is 0.970 bits per heavy atom. The predicted octanol–water partition coefficient (Wildman–Crippen LogP) is 5.53. The zero-order chi connectivity index (χ0) is 23.2. The van der Waals surface area contributed by atoms with Crippen LogP contribution in [-0.2, 0) is 11.3 Å². The van der Waals surface area contributed by atoms with E-state index in [4.69, 9.17) is 9.47 Å². The first kappa shape index (κ1) is 22.6. The fourth-order valence-corrected chi connectivity index (χ4v) is 3.68. The van der Waals surface area contributed by atoms with Gasteiger partial charge in [0, 0.05) is 18.2 Å². The number of nitrogens with zero attached hydrogens (tertiary/aromatic N) is 1. The third-order valence-corrected chi connectivity index (χ3v) is 5.43. The standard InChI is InChI=1S/C26H25F2NO4/c1-31-24-15-18(11-14-23(24)33-26(27)28)16-29(20-12-13-20)25(30)17-32-22-10-6-5-9-21(22)19-7-3-2-4-8-19/h2-11,14-15,20,26H,12-13,16-17H2,1H3. The van der Waals surface area contributed by atoms with Crippen LogP contribution in [0.2, 0.25) is 0 Å². The quantitative estimate of drug-likeness (QED) is 0.405. The van der Waals surface area contributed by atoms with Crippen LogP contribution in [0.25, 0.3) is 11.1 Å². The summed E-state index contributed by atoms with van der Waals surface area (Å²) in [5.74, 6) is 0.667. The van der Waals surface area contributed by atoms with Gasteiger partial charge in [0.1, 0.15) is 5.75 Å². The predicted molar refractivity (Wildman–Crippen MR) is 121 cm³/mol. The van der Waals surface area contributed by atoms with E-state index in [2.05, 4.69) is 4.74 Å². The summed E-state index contributed by atoms with van der Waals surface area (Å²) in [6.45, 7) is -2.70. The Hall–Kier alpha value is -3.61. The molecule has 0 heterocycles. The summed E-state index contributed by atoms with van der Waals surface area (Å²) in [5, 5.41) is 0. The number of hydrogen-bond donors (Lipinski definition) is 0. The van der Waals surface area contributed by atoms with Crippen molar-refractivity contribution in [2.75, 3.05) is 13.7 Å². The number of carbonyl (C=O) groups excluding carboxylic acids is 1. The maximum absolute atomic E-state index is 13.1. The topological polar surface area (TPSA) is 48.0 Å². The van der Waals surface area contributed by atoms with E-state index in [1.54, 1.807) is 17.0 Å². The van der Waals surface area contributed by atoms with E-state index in [0.29, 0.717) is 12.3 Å². The molecule has 0 spiro atoms. The van der Waals surface area contributed by atoms with Crippen molar-refractivity contribution < 1.29 is 27.8 Å². The molecule has 1 amide bonds. The molecule has 172 valence electrons. The van der Waals surface area contributed by atoms with Gasteiger partial charge < -0.3 is 19.1 Å². The highest BCUT2D eigenvalue weighted by molar-refractivity contribution is 5.79. The molecule has 1 saturated carbocycles. The summed E-state index contributed by atoms with van der Waals surface area (Å²) in [6, 6.07) is 22.3. The van der Waals surface area contributed by atoms with Crippen molar-refractivity contribution in [3.8, 4) is 28.4 Å². The van der Waals surface area contributed by atoms with Gasteiger partial charge in [-0.15, -0.1) is 0 Å². The minimum absolute atomic E-state index is 0.0404. The summed E-state index contributed by atoms with van der Waals surface area (Å²) >= 11 is 0. The molecular formula is C26H25F2NO4. The maximum Gasteiger partial charge on any atom is 0.387 e. The smallest absolute Gasteiger partial charge is 0.387 e. The monoisotopic (exact) mass is 453 g/mol. The molecule has 33 heavy (non-hydrogen) atoms. The fraction of sp³-hybridized carbons (Fsp3) is 0.269. The first-order valence-corrected chi connectivity index (χ1v) is 10.7. The van der Waals surface area contributed by atoms with Crippen LogP contribution in [0.3, 0.4) is 0 Å². The molecule has 0 unspecified atom stereocenters. The first-order chi connectivity index (χ1) is 16.0. The number of amides is 1. The summed E-state index contributed by atoms with van der Waals surface area (Å²) in [7, 11) is 1.39. The summed E-state index contributed by atoms with van der Waals surface area (Å²) in [5.41, 5.74) is 2.69. The second-order valence-electron chi connectivity index (χ2n) is 7.77. The number of carbonyl (C=O) groups is 1. The minimum atomic E-state index is -2.94. The molecule has 0 saturated heterocycles. The van der Waals surface area contributed by atoms with Gasteiger partial charge in [0.15, 0.2) is 18.1 Å². The van der Waals surface area contributed by atoms with E-state index in [0.717, 1.165) is 29.5 Å². The largest absolute Gasteiger partial charge is 0.493 e. The molecule has 1 aliphatic carbocycles. The normalized spacial score (nSPS) is 13.0. The number of halogens is 2. The molecule has 0 aliphatic heterocycles. The van der Waals surface area contributed by atoms with Gasteiger partial charge >= 0.3 is 6.61 Å². The number of para-hydroxylation sites is 1. The van der Waals surface area contributed by atoms with Crippen molar-refractivity contribution in [2.45, 2.75) is 32.0 Å². The van der Waals surface area contributed by atoms with Crippen LogP contribution in [0.5, 0.6) is 17.2 Å². The van der Waals surface area contributed by atoms with Crippen LogP contribution >= 0.6 is 0 Å². The number of hydrogen-bond acceptors (Lipinski definition) is 4. The lowest BCUT2D eigenvalue weighted by molar-refractivity contribution is -0.134. The zero-order valence-corrected chi connectivity index (χ0v) is 18.2. The summed E-state index contributed by atoms with van der Waals surface area (Å²) in [4.78, 5) is 14.8. The molecular weight excluding hydrogens is 428 g/mol. The van der Waals surface area contributed by atoms with Crippen LogP contribution in [-0.4, -0.2) is 37.2 Å². The third kappa shape index (κ3) is 5.80. The van der Waals surface area contributed by atoms with Crippen LogP contribution in [0.4, 0.5) is 8.78 Å². The van der Waals surface area contributed by atoms with Crippen molar-refractivity contribution in [3.63, 3.8) is 0 Å². The van der Waals surface area contributed by atoms with Gasteiger partial charge in [0.2, 0.25) is 0 Å². The fourth-order valence-electron chi connectivity index (χ4n) is 3.68. The number of benzene rings is 3. The minimum Gasteiger partial charge on any atom is -0.493 e. The van der Waals surface area contributed by atoms with Gasteiger partial charge in [-0.05, 0) is 42.2 Å². The Morgan fingerprint density at radius 2 is 1.70 bits per heavy atom. The Kier molecular flexibility index (Phi) is 7.07. The Bertz CT molecular complexity index is 1090. The molecule has 0 radical (unpaired) electrons. The van der Waals surface area contributed by atoms with Crippen molar-refractivity contribution in [1.82, 2.24) is 4.90 Å². The first-order valence-electron chi connectivity index (χ1n) is 10.7. The Labute approximate surface area is 191 Å². The molecule has 3 aromatic rings. The molecule has 5 nitrogen and oxygen atoms in total. The van der Waals surface area contributed by atoms with Crippen molar-refractivity contribution >= 4 is 5.91 Å². The van der Waals surface area contributed by atoms with Crippen molar-refractivity contribution in [2.24, 2.45) is 0 Å². The number of alkyl halides is 2. The molecule has 7 heteroatoms. The van der Waals surface area contributed by atoms with Crippen LogP contribution in [0.15, 0.2) is 72.8 Å². The van der Waals surface area contributed by atoms with Crippen LogP contribution < -0.4 is 14.2 Å². The van der Waals surface area contributed by atoms with E-state index in [1.807, 2.05) is 54.6 Å². The molecule has 0 N–H and O–H groups in total. The van der Waals surface area contributed by atoms with Gasteiger partial charge in [0.25, 0.3) is 5.91 Å². The molecule has 3 aromatic carbocycles. The van der Waals surface area contributed by atoms with E-state index in [9.17, 15) is 13.6 Å². The maximum atomic E-state index is 13.1. The van der Waals surface area contributed by atoms with E-state index < -0.39 is 6.61 Å². The molecule has 0 atom stereocenters. The van der Waals surface area contributed by atoms with E-state index in [-0.39, 0.29) is 30.1 Å². The van der Waals surface area contributed by atoms with Crippen LogP contribution in [0.1, 0.15) is 18.4 Å². The lowest BCUT2D eigenvalue weighted by atomic mass is 10.1. The highest BCUT2D eigenvalue weighted by Crippen LogP contribution is 2.33. The molecule has 0 aromatic heterocycles. The number of ether oxygens (including phenoxy) is 3. The SMILES string of the molecule is COc1cc(CN(C(=O)COc2ccccc2-c2ccccc2)C2CC2)ccc1OC(F)F. The average molecular weight is 453 g/mol. The summed E-state index contributed by atoms with van der Waals surface area (Å²) in [6.07, 6.45) is 1.85. The summed E-state index contributed by atoms with van der Waals surface area (Å²) < 4.78 is 40.8. The van der Waals surface area contributed by atoms with Gasteiger partial charge in [0.05, 0.1) is 7.11 Å². The highest BCUT2D eigenvalue weighted by Gasteiger charge is 2.33. The Morgan fingerprint density at radius 3 is 2.39 bits per heavy atom. The van der Waals surface area contributed by atoms with E-state index >= 15 is 0 Å². The lowest BCUT2D eigenvalue weighted by Gasteiger charge is -2.23. The van der Waals surface area contributed by atoms with Crippen molar-refractivity contribution in [1.29, 1.82) is 0 Å². The highest BCUT2D eigenvalue weighted by atomic mass is 19.3. The molecule has 4 rings (SSSR count). The number of methoxy groups -OCH3 is 1. The average Bonchev–Trinajstić information content (AvgIpc) is 3.67. The molecule has 0 bridgehead atoms. The Balaban J connectivity index is 1.45. The van der Waals surface area contributed by atoms with Gasteiger partial charge in [-0.3, -0.25) is 4.79 Å². The van der Waals surface area contributed by atoms with E-state index in [1.165, 1.54) is 13.2 Å². The molecule has 1 fully saturated rings. The second kappa shape index (κ2) is 10.3. The number of rotatable bonds is 10. The zero-order valence-electron chi connectivity index (χ0n) is 18.2. The van der Waals surface area contributed by atoms with Crippen molar-refractivity contribution in [3.05, 3.63) is 78.4 Å². The van der Waals surface area contributed by atoms with Gasteiger partial charge in [-0.25, -0.2) is 0 Å². The van der Waals surface area contributed by atoms with Crippen LogP contribution in [0, 0.1) is 0 Å². The molecule has 1 aliphatic rings. The van der Waals surface area contributed by atoms with Gasteiger partial charge in [-0.2, -0.15) is 8.78 Å².